The van der Waals surface area contributed by atoms with Crippen molar-refractivity contribution in [2.75, 3.05) is 28.1 Å². The lowest BCUT2D eigenvalue weighted by atomic mass is 9.94. The van der Waals surface area contributed by atoms with Gasteiger partial charge >= 0.3 is 5.88 Å². The molecule has 28 heavy (non-hydrogen) atoms. The number of nitrogens with zero attached hydrogens (tertiary/aromatic N) is 1. The molecule has 1 N–H and O–H groups in total. The van der Waals surface area contributed by atoms with Crippen molar-refractivity contribution in [3.05, 3.63) is 29.8 Å². The molecular weight excluding hydrogens is 362 g/mol. The molecule has 3 heterocycles. The summed E-state index contributed by atoms with van der Waals surface area (Å²) in [5, 5.41) is 12.6. The van der Waals surface area contributed by atoms with Gasteiger partial charge in [-0.05, 0) is 29.8 Å². The number of ether oxygens (including phenoxy) is 5. The Hall–Kier alpha value is -3.35. The van der Waals surface area contributed by atoms with Crippen molar-refractivity contribution in [2.24, 2.45) is 0 Å². The second-order valence-corrected chi connectivity index (χ2v) is 6.69. The number of fused-ring (bicyclic) bond motifs is 5. The Morgan fingerprint density at radius 3 is 2.50 bits per heavy atom. The van der Waals surface area contributed by atoms with Crippen LogP contribution in [0.5, 0.6) is 34.6 Å². The maximum atomic E-state index is 11.2. The van der Waals surface area contributed by atoms with Gasteiger partial charge in [-0.2, -0.15) is 4.57 Å². The summed E-state index contributed by atoms with van der Waals surface area (Å²) in [6.07, 6.45) is 0.775. The van der Waals surface area contributed by atoms with Crippen LogP contribution < -0.4 is 28.3 Å². The number of methoxy groups -OCH3 is 3. The topological polar surface area (TPSA) is 70.3 Å². The smallest absolute Gasteiger partial charge is 0.380 e. The molecule has 0 spiro atoms. The predicted molar refractivity (Wildman–Crippen MR) is 101 cm³/mol. The number of benzene rings is 2. The Balaban J connectivity index is 1.88. The molecule has 7 heteroatoms. The number of aromatic nitrogens is 1. The average molecular weight is 382 g/mol. The molecule has 0 radical (unpaired) electrons. The standard InChI is InChI=1S/C21H19NO6/c1-24-14-5-4-12-17(20(14)25-2)21(26-3)22-7-6-11-8-15-16(28-10-27-15)9-13(11)18(22)19(12)23/h4-5,8-9H,6-7,10H2,1-3H3/p+1. The van der Waals surface area contributed by atoms with Crippen LogP contribution >= 0.6 is 0 Å². The summed E-state index contributed by atoms with van der Waals surface area (Å²) in [4.78, 5) is 0. The van der Waals surface area contributed by atoms with E-state index < -0.39 is 0 Å². The second kappa shape index (κ2) is 6.09. The fourth-order valence-corrected chi connectivity index (χ4v) is 4.17. The van der Waals surface area contributed by atoms with Gasteiger partial charge in [0, 0.05) is 11.8 Å². The molecule has 0 amide bonds. The third-order valence-corrected chi connectivity index (χ3v) is 5.41. The van der Waals surface area contributed by atoms with Crippen molar-refractivity contribution in [1.29, 1.82) is 0 Å². The van der Waals surface area contributed by atoms with E-state index in [1.54, 1.807) is 27.4 Å². The molecule has 5 rings (SSSR count). The van der Waals surface area contributed by atoms with E-state index in [-0.39, 0.29) is 12.5 Å². The first-order valence-electron chi connectivity index (χ1n) is 8.98. The molecule has 0 saturated heterocycles. The van der Waals surface area contributed by atoms with Gasteiger partial charge in [0.2, 0.25) is 6.79 Å². The molecule has 0 unspecified atom stereocenters. The highest BCUT2D eigenvalue weighted by molar-refractivity contribution is 6.00. The highest BCUT2D eigenvalue weighted by atomic mass is 16.7. The molecular formula is C21H20NO6+. The van der Waals surface area contributed by atoms with Crippen LogP contribution in [0.1, 0.15) is 5.56 Å². The van der Waals surface area contributed by atoms with E-state index in [1.165, 1.54) is 0 Å². The van der Waals surface area contributed by atoms with Crippen molar-refractivity contribution >= 4 is 10.8 Å². The van der Waals surface area contributed by atoms with Crippen LogP contribution in [0, 0.1) is 0 Å². The van der Waals surface area contributed by atoms with Gasteiger partial charge < -0.3 is 28.8 Å². The van der Waals surface area contributed by atoms with Gasteiger partial charge in [0.1, 0.15) is 5.39 Å². The third kappa shape index (κ3) is 2.13. The summed E-state index contributed by atoms with van der Waals surface area (Å²) in [7, 11) is 4.78. The minimum absolute atomic E-state index is 0.163. The lowest BCUT2D eigenvalue weighted by Gasteiger charge is -2.20. The molecule has 0 aliphatic carbocycles. The average Bonchev–Trinajstić information content (AvgIpc) is 3.18. The Morgan fingerprint density at radius 1 is 1.00 bits per heavy atom. The number of aromatic hydroxyl groups is 1. The van der Waals surface area contributed by atoms with E-state index in [0.717, 1.165) is 23.3 Å². The van der Waals surface area contributed by atoms with Crippen molar-refractivity contribution in [2.45, 2.75) is 13.0 Å². The van der Waals surface area contributed by atoms with Crippen LogP contribution in [0.2, 0.25) is 0 Å². The van der Waals surface area contributed by atoms with Gasteiger partial charge in [0.15, 0.2) is 35.3 Å². The SMILES string of the molecule is COc1ccc2c(O)c3[n+](c(OC)c2c1OC)CCc1cc2c(cc1-3)OCO2. The number of hydrogen-bond acceptors (Lipinski definition) is 6. The first-order valence-corrected chi connectivity index (χ1v) is 8.98. The summed E-state index contributed by atoms with van der Waals surface area (Å²) in [5.74, 6) is 3.30. The molecule has 0 atom stereocenters. The molecule has 2 aromatic carbocycles. The van der Waals surface area contributed by atoms with Crippen LogP contribution in [-0.2, 0) is 13.0 Å². The van der Waals surface area contributed by atoms with Crippen LogP contribution in [0.3, 0.4) is 0 Å². The van der Waals surface area contributed by atoms with E-state index in [4.69, 9.17) is 23.7 Å². The van der Waals surface area contributed by atoms with E-state index in [1.807, 2.05) is 22.8 Å². The van der Waals surface area contributed by atoms with Gasteiger partial charge in [-0.3, -0.25) is 0 Å². The highest BCUT2D eigenvalue weighted by Gasteiger charge is 2.37. The molecule has 0 saturated carbocycles. The first-order chi connectivity index (χ1) is 13.7. The van der Waals surface area contributed by atoms with Crippen LogP contribution in [-0.4, -0.2) is 33.2 Å². The third-order valence-electron chi connectivity index (χ3n) is 5.41. The minimum atomic E-state index is 0.163. The van der Waals surface area contributed by atoms with Crippen LogP contribution in [0.4, 0.5) is 0 Å². The van der Waals surface area contributed by atoms with Crippen LogP contribution in [0.25, 0.3) is 22.0 Å². The summed E-state index contributed by atoms with van der Waals surface area (Å²) >= 11 is 0. The Bertz CT molecular complexity index is 1120. The summed E-state index contributed by atoms with van der Waals surface area (Å²) in [6, 6.07) is 7.51. The Morgan fingerprint density at radius 2 is 1.79 bits per heavy atom. The molecule has 3 aromatic rings. The first kappa shape index (κ1) is 16.8. The van der Waals surface area contributed by atoms with Gasteiger partial charge in [0.05, 0.1) is 26.9 Å². The number of pyridine rings is 1. The van der Waals surface area contributed by atoms with Crippen molar-refractivity contribution in [3.8, 4) is 45.9 Å². The zero-order valence-electron chi connectivity index (χ0n) is 15.9. The lowest BCUT2D eigenvalue weighted by molar-refractivity contribution is -0.691. The van der Waals surface area contributed by atoms with Gasteiger partial charge in [0.25, 0.3) is 5.69 Å². The van der Waals surface area contributed by atoms with Crippen molar-refractivity contribution < 1.29 is 33.4 Å². The predicted octanol–water partition coefficient (Wildman–Crippen LogP) is 2.81. The van der Waals surface area contributed by atoms with Gasteiger partial charge in [-0.15, -0.1) is 0 Å². The van der Waals surface area contributed by atoms with E-state index in [2.05, 4.69) is 0 Å². The molecule has 0 fully saturated rings. The second-order valence-electron chi connectivity index (χ2n) is 6.69. The van der Waals surface area contributed by atoms with Crippen molar-refractivity contribution in [1.82, 2.24) is 0 Å². The van der Waals surface area contributed by atoms with Crippen molar-refractivity contribution in [3.63, 3.8) is 0 Å². The maximum absolute atomic E-state index is 11.2. The highest BCUT2D eigenvalue weighted by Crippen LogP contribution is 2.48. The normalized spacial score (nSPS) is 13.8. The zero-order chi connectivity index (χ0) is 19.4. The largest absolute Gasteiger partial charge is 0.502 e. The summed E-state index contributed by atoms with van der Waals surface area (Å²) in [5.41, 5.74) is 2.69. The number of hydrogen-bond donors (Lipinski definition) is 1. The lowest BCUT2D eigenvalue weighted by Crippen LogP contribution is -2.42. The van der Waals surface area contributed by atoms with E-state index in [9.17, 15) is 5.11 Å². The Labute approximate surface area is 161 Å². The fraction of sp³-hybridized carbons (Fsp3) is 0.286. The maximum Gasteiger partial charge on any atom is 0.380 e. The molecule has 2 aliphatic rings. The summed E-state index contributed by atoms with van der Waals surface area (Å²) in [6.45, 7) is 0.858. The number of aryl methyl sites for hydroxylation is 1. The van der Waals surface area contributed by atoms with Gasteiger partial charge in [-0.25, -0.2) is 0 Å². The molecule has 2 aliphatic heterocycles. The molecule has 1 aromatic heterocycles. The number of rotatable bonds is 3. The van der Waals surface area contributed by atoms with Crippen LogP contribution in [0.15, 0.2) is 24.3 Å². The molecule has 0 bridgehead atoms. The quantitative estimate of drug-likeness (QED) is 0.703. The van der Waals surface area contributed by atoms with E-state index >= 15 is 0 Å². The molecule has 7 nitrogen and oxygen atoms in total. The minimum Gasteiger partial charge on any atom is -0.502 e. The fourth-order valence-electron chi connectivity index (χ4n) is 4.17. The zero-order valence-corrected chi connectivity index (χ0v) is 15.9. The Kier molecular flexibility index (Phi) is 3.65. The monoisotopic (exact) mass is 382 g/mol. The van der Waals surface area contributed by atoms with Gasteiger partial charge in [-0.1, -0.05) is 0 Å². The van der Waals surface area contributed by atoms with E-state index in [0.29, 0.717) is 46.1 Å². The molecule has 144 valence electrons. The summed E-state index contributed by atoms with van der Waals surface area (Å²) < 4.78 is 29.9.